The third-order valence-corrected chi connectivity index (χ3v) is 6.06. The number of hydrogen-bond acceptors (Lipinski definition) is 5. The summed E-state index contributed by atoms with van der Waals surface area (Å²) in [5.41, 5.74) is 1.22. The van der Waals surface area contributed by atoms with Crippen LogP contribution in [0.1, 0.15) is 11.1 Å². The summed E-state index contributed by atoms with van der Waals surface area (Å²) in [6.45, 7) is 1.35. The van der Waals surface area contributed by atoms with Gasteiger partial charge in [-0.1, -0.05) is 24.3 Å². The summed E-state index contributed by atoms with van der Waals surface area (Å²) in [6, 6.07) is 12.0. The maximum Gasteiger partial charge on any atom is 0.310 e. The molecule has 0 aromatic heterocycles. The minimum Gasteiger partial charge on any atom is -0.461 e. The molecule has 0 atom stereocenters. The van der Waals surface area contributed by atoms with Crippen molar-refractivity contribution in [3.05, 3.63) is 65.5 Å². The summed E-state index contributed by atoms with van der Waals surface area (Å²) in [5.74, 6) is -0.839. The normalized spacial score (nSPS) is 15.4. The number of ether oxygens (including phenoxy) is 2. The van der Waals surface area contributed by atoms with Gasteiger partial charge in [0.05, 0.1) is 24.5 Å². The third kappa shape index (κ3) is 5.12. The highest BCUT2D eigenvalue weighted by Crippen LogP contribution is 2.19. The largest absolute Gasteiger partial charge is 0.461 e. The molecule has 6 nitrogen and oxygen atoms in total. The Labute approximate surface area is 157 Å². The summed E-state index contributed by atoms with van der Waals surface area (Å²) < 4.78 is 50.0. The molecule has 1 aliphatic heterocycles. The third-order valence-electron chi connectivity index (χ3n) is 4.17. The highest BCUT2D eigenvalue weighted by atomic mass is 32.2. The molecule has 2 aromatic rings. The highest BCUT2D eigenvalue weighted by molar-refractivity contribution is 7.89. The number of hydrogen-bond donors (Lipinski definition) is 0. The molecule has 144 valence electrons. The van der Waals surface area contributed by atoms with E-state index in [1.165, 1.54) is 40.7 Å². The van der Waals surface area contributed by atoms with Gasteiger partial charge in [0.15, 0.2) is 0 Å². The molecule has 0 N–H and O–H groups in total. The van der Waals surface area contributed by atoms with E-state index in [9.17, 15) is 17.6 Å². The predicted octanol–water partition coefficient (Wildman–Crippen LogP) is 2.13. The second-order valence-electron chi connectivity index (χ2n) is 6.13. The number of nitrogens with zero attached hydrogens (tertiary/aromatic N) is 1. The fraction of sp³-hybridized carbons (Fsp3) is 0.316. The van der Waals surface area contributed by atoms with Crippen LogP contribution in [-0.2, 0) is 37.3 Å². The summed E-state index contributed by atoms with van der Waals surface area (Å²) >= 11 is 0. The van der Waals surface area contributed by atoms with Crippen molar-refractivity contribution in [2.75, 3.05) is 26.3 Å². The van der Waals surface area contributed by atoms with Crippen molar-refractivity contribution in [1.82, 2.24) is 4.31 Å². The Hall–Kier alpha value is -2.29. The molecule has 0 saturated carbocycles. The van der Waals surface area contributed by atoms with Gasteiger partial charge >= 0.3 is 5.97 Å². The molecule has 2 aromatic carbocycles. The van der Waals surface area contributed by atoms with Gasteiger partial charge in [0, 0.05) is 13.1 Å². The zero-order valence-corrected chi connectivity index (χ0v) is 15.5. The van der Waals surface area contributed by atoms with Gasteiger partial charge < -0.3 is 9.47 Å². The van der Waals surface area contributed by atoms with E-state index >= 15 is 0 Å². The smallest absolute Gasteiger partial charge is 0.310 e. The number of carbonyl (C=O) groups is 1. The number of sulfonamides is 1. The number of esters is 1. The van der Waals surface area contributed by atoms with Gasteiger partial charge in [-0.15, -0.1) is 0 Å². The standard InChI is InChI=1S/C19H20FNO5S/c20-17-6-4-15(5-7-17)13-19(22)26-14-16-2-1-3-18(12-16)27(23,24)21-8-10-25-11-9-21/h1-7,12H,8-11,13-14H2. The van der Waals surface area contributed by atoms with E-state index in [0.717, 1.165) is 0 Å². The first-order valence-electron chi connectivity index (χ1n) is 8.52. The molecule has 0 unspecified atom stereocenters. The molecule has 1 fully saturated rings. The molecule has 0 bridgehead atoms. The van der Waals surface area contributed by atoms with Gasteiger partial charge in [-0.05, 0) is 35.4 Å². The van der Waals surface area contributed by atoms with Crippen LogP contribution in [0.2, 0.25) is 0 Å². The predicted molar refractivity (Wildman–Crippen MR) is 95.9 cm³/mol. The summed E-state index contributed by atoms with van der Waals surface area (Å²) in [5, 5.41) is 0. The van der Waals surface area contributed by atoms with Crippen LogP contribution >= 0.6 is 0 Å². The quantitative estimate of drug-likeness (QED) is 0.703. The first-order valence-corrected chi connectivity index (χ1v) is 9.96. The number of carbonyl (C=O) groups excluding carboxylic acids is 1. The van der Waals surface area contributed by atoms with Gasteiger partial charge in [0.1, 0.15) is 12.4 Å². The van der Waals surface area contributed by atoms with Crippen LogP contribution in [0, 0.1) is 5.82 Å². The molecule has 0 amide bonds. The summed E-state index contributed by atoms with van der Waals surface area (Å²) in [4.78, 5) is 12.1. The molecule has 8 heteroatoms. The van der Waals surface area contributed by atoms with Crippen LogP contribution in [0.3, 0.4) is 0 Å². The molecule has 1 saturated heterocycles. The van der Waals surface area contributed by atoms with Crippen LogP contribution < -0.4 is 0 Å². The van der Waals surface area contributed by atoms with E-state index in [1.807, 2.05) is 0 Å². The van der Waals surface area contributed by atoms with Gasteiger partial charge in [-0.2, -0.15) is 4.31 Å². The first-order chi connectivity index (χ1) is 12.9. The molecule has 0 spiro atoms. The van der Waals surface area contributed by atoms with Crippen LogP contribution in [0.25, 0.3) is 0 Å². The van der Waals surface area contributed by atoms with Gasteiger partial charge in [0.25, 0.3) is 0 Å². The van der Waals surface area contributed by atoms with Crippen molar-refractivity contribution < 1.29 is 27.1 Å². The van der Waals surface area contributed by atoms with Gasteiger partial charge in [-0.3, -0.25) is 4.79 Å². The maximum absolute atomic E-state index is 12.9. The Balaban J connectivity index is 1.61. The lowest BCUT2D eigenvalue weighted by atomic mass is 10.1. The van der Waals surface area contributed by atoms with E-state index in [0.29, 0.717) is 37.4 Å². The van der Waals surface area contributed by atoms with Crippen molar-refractivity contribution >= 4 is 16.0 Å². The van der Waals surface area contributed by atoms with E-state index in [1.54, 1.807) is 12.1 Å². The summed E-state index contributed by atoms with van der Waals surface area (Å²) in [7, 11) is -3.60. The van der Waals surface area contributed by atoms with E-state index < -0.39 is 16.0 Å². The molecule has 27 heavy (non-hydrogen) atoms. The molecule has 1 heterocycles. The molecule has 1 aliphatic rings. The van der Waals surface area contributed by atoms with Gasteiger partial charge in [-0.25, -0.2) is 12.8 Å². The van der Waals surface area contributed by atoms with Crippen LogP contribution in [-0.4, -0.2) is 45.0 Å². The average molecular weight is 393 g/mol. The van der Waals surface area contributed by atoms with Crippen molar-refractivity contribution in [3.8, 4) is 0 Å². The van der Waals surface area contributed by atoms with Crippen LogP contribution in [0.5, 0.6) is 0 Å². The zero-order chi connectivity index (χ0) is 19.3. The zero-order valence-electron chi connectivity index (χ0n) is 14.6. The Morgan fingerprint density at radius 3 is 2.48 bits per heavy atom. The van der Waals surface area contributed by atoms with Crippen LogP contribution in [0.15, 0.2) is 53.4 Å². The molecule has 3 rings (SSSR count). The lowest BCUT2D eigenvalue weighted by Gasteiger charge is -2.26. The van der Waals surface area contributed by atoms with Crippen molar-refractivity contribution in [2.45, 2.75) is 17.9 Å². The monoisotopic (exact) mass is 393 g/mol. The van der Waals surface area contributed by atoms with Crippen molar-refractivity contribution in [1.29, 1.82) is 0 Å². The minimum absolute atomic E-state index is 0.0199. The first kappa shape index (κ1) is 19.5. The lowest BCUT2D eigenvalue weighted by molar-refractivity contribution is -0.144. The summed E-state index contributed by atoms with van der Waals surface area (Å²) in [6.07, 6.45) is 0.0199. The van der Waals surface area contributed by atoms with Crippen LogP contribution in [0.4, 0.5) is 4.39 Å². The minimum atomic E-state index is -3.60. The Morgan fingerprint density at radius 2 is 1.78 bits per heavy atom. The fourth-order valence-corrected chi connectivity index (χ4v) is 4.19. The van der Waals surface area contributed by atoms with Crippen molar-refractivity contribution in [2.24, 2.45) is 0 Å². The fourth-order valence-electron chi connectivity index (χ4n) is 2.72. The van der Waals surface area contributed by atoms with E-state index in [4.69, 9.17) is 9.47 Å². The van der Waals surface area contributed by atoms with E-state index in [2.05, 4.69) is 0 Å². The lowest BCUT2D eigenvalue weighted by Crippen LogP contribution is -2.40. The Morgan fingerprint density at radius 1 is 1.07 bits per heavy atom. The molecular weight excluding hydrogens is 373 g/mol. The van der Waals surface area contributed by atoms with E-state index in [-0.39, 0.29) is 23.7 Å². The second kappa shape index (κ2) is 8.60. The average Bonchev–Trinajstić information content (AvgIpc) is 2.69. The Bertz CT molecular complexity index is 893. The number of benzene rings is 2. The molecule has 0 radical (unpaired) electrons. The molecular formula is C19H20FNO5S. The SMILES string of the molecule is O=C(Cc1ccc(F)cc1)OCc1cccc(S(=O)(=O)N2CCOCC2)c1. The number of rotatable bonds is 6. The maximum atomic E-state index is 12.9. The topological polar surface area (TPSA) is 72.9 Å². The second-order valence-corrected chi connectivity index (χ2v) is 8.07. The number of morpholine rings is 1. The van der Waals surface area contributed by atoms with Gasteiger partial charge in [0.2, 0.25) is 10.0 Å². The Kier molecular flexibility index (Phi) is 6.20. The van der Waals surface area contributed by atoms with Crippen molar-refractivity contribution in [3.63, 3.8) is 0 Å². The number of halogens is 1. The molecule has 0 aliphatic carbocycles. The highest BCUT2D eigenvalue weighted by Gasteiger charge is 2.26.